The fourth-order valence-electron chi connectivity index (χ4n) is 0.998. The fraction of sp³-hybridized carbons (Fsp3) is 0.455. The number of benzene rings is 1. The largest absolute Gasteiger partial charge is 0.493 e. The molecular formula is C11H15ClO2. The van der Waals surface area contributed by atoms with Crippen molar-refractivity contribution in [3.05, 3.63) is 28.8 Å². The van der Waals surface area contributed by atoms with Crippen LogP contribution in [0.4, 0.5) is 0 Å². The van der Waals surface area contributed by atoms with Crippen molar-refractivity contribution in [2.24, 2.45) is 5.92 Å². The van der Waals surface area contributed by atoms with Gasteiger partial charge in [0.1, 0.15) is 5.75 Å². The summed E-state index contributed by atoms with van der Waals surface area (Å²) in [6.07, 6.45) is 0. The van der Waals surface area contributed by atoms with Crippen LogP contribution < -0.4 is 4.74 Å². The first-order chi connectivity index (χ1) is 6.63. The summed E-state index contributed by atoms with van der Waals surface area (Å²) in [5, 5.41) is 9.55. The van der Waals surface area contributed by atoms with Crippen LogP contribution in [0.2, 0.25) is 5.02 Å². The molecule has 0 amide bonds. The van der Waals surface area contributed by atoms with Crippen molar-refractivity contribution in [2.75, 3.05) is 13.2 Å². The molecule has 3 heteroatoms. The van der Waals surface area contributed by atoms with E-state index < -0.39 is 0 Å². The molecule has 1 atom stereocenters. The Kier molecular flexibility index (Phi) is 4.23. The van der Waals surface area contributed by atoms with E-state index in [1.54, 1.807) is 0 Å². The highest BCUT2D eigenvalue weighted by molar-refractivity contribution is 6.31. The average molecular weight is 215 g/mol. The third kappa shape index (κ3) is 3.20. The van der Waals surface area contributed by atoms with E-state index in [0.717, 1.165) is 16.3 Å². The molecule has 1 rings (SSSR count). The van der Waals surface area contributed by atoms with Gasteiger partial charge in [0.05, 0.1) is 6.61 Å². The summed E-state index contributed by atoms with van der Waals surface area (Å²) in [4.78, 5) is 0. The SMILES string of the molecule is Cc1cc(OCC(C)CO)ccc1Cl. The summed E-state index contributed by atoms with van der Waals surface area (Å²) in [5.41, 5.74) is 1.00. The van der Waals surface area contributed by atoms with Gasteiger partial charge < -0.3 is 9.84 Å². The van der Waals surface area contributed by atoms with Gasteiger partial charge in [0.2, 0.25) is 0 Å². The van der Waals surface area contributed by atoms with Crippen molar-refractivity contribution in [2.45, 2.75) is 13.8 Å². The van der Waals surface area contributed by atoms with Crippen LogP contribution in [-0.4, -0.2) is 18.3 Å². The molecule has 0 aliphatic rings. The third-order valence-corrected chi connectivity index (χ3v) is 2.40. The second-order valence-electron chi connectivity index (χ2n) is 3.51. The Morgan fingerprint density at radius 1 is 1.50 bits per heavy atom. The lowest BCUT2D eigenvalue weighted by atomic mass is 10.2. The minimum Gasteiger partial charge on any atom is -0.493 e. The monoisotopic (exact) mass is 214 g/mol. The van der Waals surface area contributed by atoms with Gasteiger partial charge in [0.25, 0.3) is 0 Å². The van der Waals surface area contributed by atoms with Crippen LogP contribution in [0.5, 0.6) is 5.75 Å². The lowest BCUT2D eigenvalue weighted by Crippen LogP contribution is -2.12. The molecule has 2 nitrogen and oxygen atoms in total. The Balaban J connectivity index is 2.55. The Morgan fingerprint density at radius 2 is 2.21 bits per heavy atom. The molecule has 78 valence electrons. The van der Waals surface area contributed by atoms with E-state index in [2.05, 4.69) is 0 Å². The van der Waals surface area contributed by atoms with E-state index >= 15 is 0 Å². The molecule has 0 spiro atoms. The number of aliphatic hydroxyl groups is 1. The van der Waals surface area contributed by atoms with Crippen molar-refractivity contribution < 1.29 is 9.84 Å². The van der Waals surface area contributed by atoms with Gasteiger partial charge >= 0.3 is 0 Å². The van der Waals surface area contributed by atoms with Crippen molar-refractivity contribution in [1.29, 1.82) is 0 Å². The van der Waals surface area contributed by atoms with E-state index in [4.69, 9.17) is 21.4 Å². The highest BCUT2D eigenvalue weighted by atomic mass is 35.5. The lowest BCUT2D eigenvalue weighted by Gasteiger charge is -2.11. The predicted molar refractivity (Wildman–Crippen MR) is 57.9 cm³/mol. The zero-order chi connectivity index (χ0) is 10.6. The zero-order valence-electron chi connectivity index (χ0n) is 8.46. The zero-order valence-corrected chi connectivity index (χ0v) is 9.21. The molecule has 0 aliphatic carbocycles. The third-order valence-electron chi connectivity index (χ3n) is 1.98. The number of aliphatic hydroxyl groups excluding tert-OH is 1. The first kappa shape index (κ1) is 11.3. The molecule has 0 aliphatic heterocycles. The maximum Gasteiger partial charge on any atom is 0.119 e. The van der Waals surface area contributed by atoms with Crippen LogP contribution in [0.25, 0.3) is 0 Å². The Morgan fingerprint density at radius 3 is 2.79 bits per heavy atom. The maximum atomic E-state index is 8.81. The highest BCUT2D eigenvalue weighted by Crippen LogP contribution is 2.21. The molecule has 0 radical (unpaired) electrons. The van der Waals surface area contributed by atoms with Gasteiger partial charge in [-0.05, 0) is 30.7 Å². The van der Waals surface area contributed by atoms with Crippen molar-refractivity contribution >= 4 is 11.6 Å². The quantitative estimate of drug-likeness (QED) is 0.835. The van der Waals surface area contributed by atoms with E-state index in [9.17, 15) is 0 Å². The summed E-state index contributed by atoms with van der Waals surface area (Å²) < 4.78 is 5.48. The molecule has 1 aromatic carbocycles. The number of hydrogen-bond donors (Lipinski definition) is 1. The van der Waals surface area contributed by atoms with Crippen LogP contribution in [0.3, 0.4) is 0 Å². The smallest absolute Gasteiger partial charge is 0.119 e. The summed E-state index contributed by atoms with van der Waals surface area (Å²) >= 11 is 5.88. The molecule has 0 bridgehead atoms. The standard InChI is InChI=1S/C11H15ClO2/c1-8(6-13)7-14-10-3-4-11(12)9(2)5-10/h3-5,8,13H,6-7H2,1-2H3. The van der Waals surface area contributed by atoms with Crippen LogP contribution in [0, 0.1) is 12.8 Å². The Labute approximate surface area is 89.5 Å². The van der Waals surface area contributed by atoms with Crippen LogP contribution in [-0.2, 0) is 0 Å². The molecule has 0 saturated carbocycles. The highest BCUT2D eigenvalue weighted by Gasteiger charge is 2.02. The lowest BCUT2D eigenvalue weighted by molar-refractivity contribution is 0.174. The summed E-state index contributed by atoms with van der Waals surface area (Å²) in [6, 6.07) is 5.54. The number of rotatable bonds is 4. The first-order valence-electron chi connectivity index (χ1n) is 4.63. The Bertz CT molecular complexity index is 299. The fourth-order valence-corrected chi connectivity index (χ4v) is 1.12. The van der Waals surface area contributed by atoms with Crippen LogP contribution in [0.1, 0.15) is 12.5 Å². The van der Waals surface area contributed by atoms with E-state index in [1.165, 1.54) is 0 Å². The first-order valence-corrected chi connectivity index (χ1v) is 5.01. The predicted octanol–water partition coefficient (Wildman–Crippen LogP) is 2.66. The van der Waals surface area contributed by atoms with Gasteiger partial charge in [0.15, 0.2) is 0 Å². The van der Waals surface area contributed by atoms with Crippen molar-refractivity contribution in [3.8, 4) is 5.75 Å². The van der Waals surface area contributed by atoms with Gasteiger partial charge in [-0.25, -0.2) is 0 Å². The van der Waals surface area contributed by atoms with E-state index in [-0.39, 0.29) is 12.5 Å². The number of aryl methyl sites for hydroxylation is 1. The Hall–Kier alpha value is -0.730. The van der Waals surface area contributed by atoms with Crippen molar-refractivity contribution in [1.82, 2.24) is 0 Å². The average Bonchev–Trinajstić information content (AvgIpc) is 2.19. The number of halogens is 1. The molecule has 14 heavy (non-hydrogen) atoms. The molecule has 0 saturated heterocycles. The molecule has 0 fully saturated rings. The van der Waals surface area contributed by atoms with E-state index in [1.807, 2.05) is 32.0 Å². The normalized spacial score (nSPS) is 12.6. The minimum absolute atomic E-state index is 0.145. The summed E-state index contributed by atoms with van der Waals surface area (Å²) in [5.74, 6) is 0.957. The summed E-state index contributed by atoms with van der Waals surface area (Å²) in [6.45, 7) is 4.54. The van der Waals surface area contributed by atoms with Crippen LogP contribution >= 0.6 is 11.6 Å². The van der Waals surface area contributed by atoms with Gasteiger partial charge in [-0.3, -0.25) is 0 Å². The molecule has 0 heterocycles. The van der Waals surface area contributed by atoms with Gasteiger partial charge in [-0.1, -0.05) is 18.5 Å². The topological polar surface area (TPSA) is 29.5 Å². The molecule has 1 aromatic rings. The van der Waals surface area contributed by atoms with Gasteiger partial charge in [-0.2, -0.15) is 0 Å². The molecular weight excluding hydrogens is 200 g/mol. The maximum absolute atomic E-state index is 8.81. The summed E-state index contributed by atoms with van der Waals surface area (Å²) in [7, 11) is 0. The minimum atomic E-state index is 0.145. The molecule has 1 unspecified atom stereocenters. The van der Waals surface area contributed by atoms with Crippen LogP contribution in [0.15, 0.2) is 18.2 Å². The van der Waals surface area contributed by atoms with E-state index in [0.29, 0.717) is 6.61 Å². The second kappa shape index (κ2) is 5.23. The molecule has 0 aromatic heterocycles. The number of ether oxygens (including phenoxy) is 1. The van der Waals surface area contributed by atoms with Crippen molar-refractivity contribution in [3.63, 3.8) is 0 Å². The second-order valence-corrected chi connectivity index (χ2v) is 3.92. The number of hydrogen-bond acceptors (Lipinski definition) is 2. The van der Waals surface area contributed by atoms with Gasteiger partial charge in [-0.15, -0.1) is 0 Å². The van der Waals surface area contributed by atoms with Gasteiger partial charge in [0, 0.05) is 17.5 Å². The molecule has 1 N–H and O–H groups in total.